The number of rotatable bonds is 5. The highest BCUT2D eigenvalue weighted by Crippen LogP contribution is 2.19. The summed E-state index contributed by atoms with van der Waals surface area (Å²) < 4.78 is 17.9. The third kappa shape index (κ3) is 4.70. The van der Waals surface area contributed by atoms with Crippen molar-refractivity contribution >= 4 is 29.2 Å². The van der Waals surface area contributed by atoms with Gasteiger partial charge < -0.3 is 15.8 Å². The van der Waals surface area contributed by atoms with Crippen molar-refractivity contribution in [2.45, 2.75) is 19.6 Å². The van der Waals surface area contributed by atoms with Crippen molar-refractivity contribution in [2.24, 2.45) is 0 Å². The predicted octanol–water partition coefficient (Wildman–Crippen LogP) is 2.92. The molecule has 0 aliphatic heterocycles. The SMILES string of the molecule is C[C@H](OC(=O)c1ccc(Cl)cc1N)C(=O)NCc1ccc(F)cc1. The number of esters is 1. The minimum atomic E-state index is -1.01. The second kappa shape index (κ2) is 7.79. The number of carbonyl (C=O) groups is 2. The van der Waals surface area contributed by atoms with Crippen LogP contribution in [-0.2, 0) is 16.1 Å². The number of nitrogens with two attached hydrogens (primary N) is 1. The van der Waals surface area contributed by atoms with E-state index < -0.39 is 18.0 Å². The number of hydrogen-bond donors (Lipinski definition) is 2. The van der Waals surface area contributed by atoms with Gasteiger partial charge in [0.25, 0.3) is 5.91 Å². The zero-order valence-electron chi connectivity index (χ0n) is 12.9. The largest absolute Gasteiger partial charge is 0.449 e. The molecule has 1 amide bonds. The van der Waals surface area contributed by atoms with Gasteiger partial charge in [0.1, 0.15) is 5.82 Å². The van der Waals surface area contributed by atoms with Crippen LogP contribution in [0.5, 0.6) is 0 Å². The fourth-order valence-electron chi connectivity index (χ4n) is 1.93. The summed E-state index contributed by atoms with van der Waals surface area (Å²) in [6.07, 6.45) is -1.01. The molecule has 0 heterocycles. The Bertz CT molecular complexity index is 750. The van der Waals surface area contributed by atoms with Gasteiger partial charge in [-0.1, -0.05) is 23.7 Å². The minimum absolute atomic E-state index is 0.137. The van der Waals surface area contributed by atoms with Gasteiger partial charge in [-0.15, -0.1) is 0 Å². The highest BCUT2D eigenvalue weighted by atomic mass is 35.5. The lowest BCUT2D eigenvalue weighted by Gasteiger charge is -2.14. The Morgan fingerprint density at radius 3 is 2.54 bits per heavy atom. The van der Waals surface area contributed by atoms with E-state index >= 15 is 0 Å². The number of hydrogen-bond acceptors (Lipinski definition) is 4. The lowest BCUT2D eigenvalue weighted by Crippen LogP contribution is -2.35. The molecule has 3 N–H and O–H groups in total. The topological polar surface area (TPSA) is 81.4 Å². The maximum Gasteiger partial charge on any atom is 0.341 e. The van der Waals surface area contributed by atoms with Crippen LogP contribution in [-0.4, -0.2) is 18.0 Å². The van der Waals surface area contributed by atoms with Crippen LogP contribution in [0, 0.1) is 5.82 Å². The van der Waals surface area contributed by atoms with Crippen LogP contribution >= 0.6 is 11.6 Å². The van der Waals surface area contributed by atoms with E-state index in [4.69, 9.17) is 22.1 Å². The molecular formula is C17H16ClFN2O3. The van der Waals surface area contributed by atoms with Crippen LogP contribution in [0.15, 0.2) is 42.5 Å². The van der Waals surface area contributed by atoms with E-state index in [9.17, 15) is 14.0 Å². The zero-order chi connectivity index (χ0) is 17.7. The Morgan fingerprint density at radius 1 is 1.25 bits per heavy atom. The van der Waals surface area contributed by atoms with Gasteiger partial charge in [-0.05, 0) is 42.8 Å². The van der Waals surface area contributed by atoms with Gasteiger partial charge in [0, 0.05) is 17.3 Å². The number of nitrogen functional groups attached to an aromatic ring is 1. The molecule has 0 radical (unpaired) electrons. The molecule has 7 heteroatoms. The smallest absolute Gasteiger partial charge is 0.341 e. The van der Waals surface area contributed by atoms with Gasteiger partial charge in [-0.25, -0.2) is 9.18 Å². The lowest BCUT2D eigenvalue weighted by atomic mass is 10.2. The van der Waals surface area contributed by atoms with Gasteiger partial charge in [0.05, 0.1) is 5.56 Å². The molecule has 2 rings (SSSR count). The number of ether oxygens (including phenoxy) is 1. The second-order valence-corrected chi connectivity index (χ2v) is 5.56. The molecule has 0 unspecified atom stereocenters. The maximum absolute atomic E-state index is 12.8. The normalized spacial score (nSPS) is 11.6. The molecule has 0 spiro atoms. The fourth-order valence-corrected chi connectivity index (χ4v) is 2.11. The first-order chi connectivity index (χ1) is 11.4. The van der Waals surface area contributed by atoms with Gasteiger partial charge in [0.15, 0.2) is 6.10 Å². The quantitative estimate of drug-likeness (QED) is 0.641. The summed E-state index contributed by atoms with van der Waals surface area (Å²) in [6.45, 7) is 1.65. The van der Waals surface area contributed by atoms with Crippen molar-refractivity contribution in [2.75, 3.05) is 5.73 Å². The summed E-state index contributed by atoms with van der Waals surface area (Å²) in [6, 6.07) is 10.1. The van der Waals surface area contributed by atoms with Crippen molar-refractivity contribution in [3.8, 4) is 0 Å². The number of anilines is 1. The van der Waals surface area contributed by atoms with E-state index in [0.29, 0.717) is 5.02 Å². The number of carbonyl (C=O) groups excluding carboxylic acids is 2. The molecule has 2 aromatic rings. The molecule has 0 aliphatic rings. The Hall–Kier alpha value is -2.60. The summed E-state index contributed by atoms with van der Waals surface area (Å²) in [5, 5.41) is 3.01. The summed E-state index contributed by atoms with van der Waals surface area (Å²) >= 11 is 5.77. The maximum atomic E-state index is 12.8. The van der Waals surface area contributed by atoms with E-state index in [2.05, 4.69) is 5.32 Å². The molecule has 24 heavy (non-hydrogen) atoms. The Kier molecular flexibility index (Phi) is 5.76. The number of benzene rings is 2. The van der Waals surface area contributed by atoms with Crippen LogP contribution in [0.1, 0.15) is 22.8 Å². The van der Waals surface area contributed by atoms with Crippen LogP contribution < -0.4 is 11.1 Å². The van der Waals surface area contributed by atoms with Crippen molar-refractivity contribution < 1.29 is 18.7 Å². The molecule has 2 aromatic carbocycles. The first-order valence-electron chi connectivity index (χ1n) is 7.15. The van der Waals surface area contributed by atoms with Crippen molar-refractivity contribution in [1.29, 1.82) is 0 Å². The third-order valence-corrected chi connectivity index (χ3v) is 3.50. The molecule has 126 valence electrons. The Balaban J connectivity index is 1.90. The van der Waals surface area contributed by atoms with Gasteiger partial charge in [-0.3, -0.25) is 4.79 Å². The molecule has 0 fully saturated rings. The first kappa shape index (κ1) is 17.7. The van der Waals surface area contributed by atoms with E-state index in [1.54, 1.807) is 12.1 Å². The lowest BCUT2D eigenvalue weighted by molar-refractivity contribution is -0.129. The van der Waals surface area contributed by atoms with E-state index in [0.717, 1.165) is 5.56 Å². The predicted molar refractivity (Wildman–Crippen MR) is 89.0 cm³/mol. The average Bonchev–Trinajstić information content (AvgIpc) is 2.53. The van der Waals surface area contributed by atoms with Gasteiger partial charge >= 0.3 is 5.97 Å². The fraction of sp³-hybridized carbons (Fsp3) is 0.176. The van der Waals surface area contributed by atoms with Crippen molar-refractivity contribution in [1.82, 2.24) is 5.32 Å². The molecule has 1 atom stereocenters. The highest BCUT2D eigenvalue weighted by molar-refractivity contribution is 6.31. The highest BCUT2D eigenvalue weighted by Gasteiger charge is 2.20. The molecule has 0 saturated heterocycles. The van der Waals surface area contributed by atoms with Crippen LogP contribution in [0.3, 0.4) is 0 Å². The molecule has 0 aliphatic carbocycles. The Labute approximate surface area is 143 Å². The molecular weight excluding hydrogens is 335 g/mol. The van der Waals surface area contributed by atoms with Crippen LogP contribution in [0.4, 0.5) is 10.1 Å². The van der Waals surface area contributed by atoms with E-state index in [1.165, 1.54) is 37.3 Å². The summed E-state index contributed by atoms with van der Waals surface area (Å²) in [5.74, 6) is -1.54. The monoisotopic (exact) mass is 350 g/mol. The summed E-state index contributed by atoms with van der Waals surface area (Å²) in [7, 11) is 0. The van der Waals surface area contributed by atoms with Crippen LogP contribution in [0.25, 0.3) is 0 Å². The van der Waals surface area contributed by atoms with Gasteiger partial charge in [-0.2, -0.15) is 0 Å². The van der Waals surface area contributed by atoms with Crippen LogP contribution in [0.2, 0.25) is 5.02 Å². The number of halogens is 2. The number of amides is 1. The molecule has 0 saturated carbocycles. The van der Waals surface area contributed by atoms with Gasteiger partial charge in [0.2, 0.25) is 0 Å². The van der Waals surface area contributed by atoms with Crippen molar-refractivity contribution in [3.05, 3.63) is 64.4 Å². The minimum Gasteiger partial charge on any atom is -0.449 e. The summed E-state index contributed by atoms with van der Waals surface area (Å²) in [4.78, 5) is 24.0. The Morgan fingerprint density at radius 2 is 1.92 bits per heavy atom. The molecule has 0 aromatic heterocycles. The number of nitrogens with one attached hydrogen (secondary N) is 1. The molecule has 5 nitrogen and oxygen atoms in total. The van der Waals surface area contributed by atoms with E-state index in [1.807, 2.05) is 0 Å². The zero-order valence-corrected chi connectivity index (χ0v) is 13.6. The van der Waals surface area contributed by atoms with Crippen molar-refractivity contribution in [3.63, 3.8) is 0 Å². The third-order valence-electron chi connectivity index (χ3n) is 3.27. The average molecular weight is 351 g/mol. The van der Waals surface area contributed by atoms with E-state index in [-0.39, 0.29) is 23.6 Å². The molecule has 0 bridgehead atoms. The standard InChI is InChI=1S/C17H16ClFN2O3/c1-10(16(22)21-9-11-2-5-13(19)6-3-11)24-17(23)14-7-4-12(18)8-15(14)20/h2-8,10H,9,20H2,1H3,(H,21,22)/t10-/m0/s1. The first-order valence-corrected chi connectivity index (χ1v) is 7.53. The summed E-state index contributed by atoms with van der Waals surface area (Å²) in [5.41, 5.74) is 6.74. The second-order valence-electron chi connectivity index (χ2n) is 5.12.